The zero-order valence-corrected chi connectivity index (χ0v) is 7.89. The largest absolute Gasteiger partial charge is 0.508 e. The van der Waals surface area contributed by atoms with E-state index >= 15 is 0 Å². The van der Waals surface area contributed by atoms with E-state index in [2.05, 4.69) is 0 Å². The molecule has 0 fully saturated rings. The summed E-state index contributed by atoms with van der Waals surface area (Å²) in [6.45, 7) is 3.40. The Balaban J connectivity index is 3.53. The van der Waals surface area contributed by atoms with Crippen molar-refractivity contribution in [3.05, 3.63) is 28.2 Å². The van der Waals surface area contributed by atoms with Crippen molar-refractivity contribution < 1.29 is 15.0 Å². The SMILES string of the molecule is CC(C)n1c(C(=O)O)cc(O)cc1=O. The van der Waals surface area contributed by atoms with Crippen LogP contribution in [0, 0.1) is 0 Å². The zero-order valence-electron chi connectivity index (χ0n) is 7.89. The van der Waals surface area contributed by atoms with E-state index in [1.54, 1.807) is 13.8 Å². The van der Waals surface area contributed by atoms with E-state index in [-0.39, 0.29) is 17.5 Å². The Labute approximate surface area is 80.2 Å². The molecule has 76 valence electrons. The fourth-order valence-electron chi connectivity index (χ4n) is 1.26. The smallest absolute Gasteiger partial charge is 0.352 e. The van der Waals surface area contributed by atoms with Gasteiger partial charge in [-0.3, -0.25) is 9.36 Å². The molecule has 0 saturated heterocycles. The van der Waals surface area contributed by atoms with Crippen LogP contribution < -0.4 is 5.56 Å². The van der Waals surface area contributed by atoms with Gasteiger partial charge in [0.2, 0.25) is 0 Å². The second-order valence-corrected chi connectivity index (χ2v) is 3.21. The van der Waals surface area contributed by atoms with Crippen LogP contribution in [0.1, 0.15) is 30.4 Å². The predicted molar refractivity (Wildman–Crippen MR) is 49.7 cm³/mol. The second-order valence-electron chi connectivity index (χ2n) is 3.21. The molecule has 0 spiro atoms. The number of hydrogen-bond acceptors (Lipinski definition) is 3. The predicted octanol–water partition coefficient (Wildman–Crippen LogP) is 0.833. The molecule has 0 aromatic carbocycles. The van der Waals surface area contributed by atoms with Crippen molar-refractivity contribution in [1.29, 1.82) is 0 Å². The monoisotopic (exact) mass is 197 g/mol. The summed E-state index contributed by atoms with van der Waals surface area (Å²) in [5.74, 6) is -1.56. The Bertz CT molecular complexity index is 419. The molecule has 1 rings (SSSR count). The lowest BCUT2D eigenvalue weighted by molar-refractivity contribution is 0.0680. The van der Waals surface area contributed by atoms with Crippen molar-refractivity contribution >= 4 is 5.97 Å². The van der Waals surface area contributed by atoms with Gasteiger partial charge in [0.1, 0.15) is 11.4 Å². The highest BCUT2D eigenvalue weighted by Gasteiger charge is 2.14. The Hall–Kier alpha value is -1.78. The van der Waals surface area contributed by atoms with Crippen LogP contribution >= 0.6 is 0 Å². The number of nitrogens with zero attached hydrogens (tertiary/aromatic N) is 1. The fourth-order valence-corrected chi connectivity index (χ4v) is 1.26. The van der Waals surface area contributed by atoms with Gasteiger partial charge in [-0.05, 0) is 13.8 Å². The van der Waals surface area contributed by atoms with Gasteiger partial charge in [-0.15, -0.1) is 0 Å². The summed E-state index contributed by atoms with van der Waals surface area (Å²) < 4.78 is 1.11. The van der Waals surface area contributed by atoms with Gasteiger partial charge in [-0.1, -0.05) is 0 Å². The number of carboxylic acid groups (broad SMARTS) is 1. The number of aromatic hydroxyl groups is 1. The third kappa shape index (κ3) is 1.76. The van der Waals surface area contributed by atoms with Crippen LogP contribution in [0.4, 0.5) is 0 Å². The first kappa shape index (κ1) is 10.3. The van der Waals surface area contributed by atoms with Crippen LogP contribution in [0.2, 0.25) is 0 Å². The van der Waals surface area contributed by atoms with Crippen molar-refractivity contribution in [2.24, 2.45) is 0 Å². The first-order valence-corrected chi connectivity index (χ1v) is 4.12. The summed E-state index contributed by atoms with van der Waals surface area (Å²) >= 11 is 0. The molecule has 5 nitrogen and oxygen atoms in total. The molecule has 14 heavy (non-hydrogen) atoms. The van der Waals surface area contributed by atoms with Crippen LogP contribution in [-0.2, 0) is 0 Å². The minimum absolute atomic E-state index is 0.204. The van der Waals surface area contributed by atoms with Crippen LogP contribution in [0.15, 0.2) is 16.9 Å². The molecular formula is C9H11NO4. The topological polar surface area (TPSA) is 79.5 Å². The van der Waals surface area contributed by atoms with E-state index in [9.17, 15) is 9.59 Å². The van der Waals surface area contributed by atoms with E-state index in [0.29, 0.717) is 0 Å². The molecule has 0 aliphatic rings. The molecular weight excluding hydrogens is 186 g/mol. The molecule has 0 atom stereocenters. The lowest BCUT2D eigenvalue weighted by atomic mass is 10.2. The number of pyridine rings is 1. The third-order valence-corrected chi connectivity index (χ3v) is 1.79. The quantitative estimate of drug-likeness (QED) is 0.736. The van der Waals surface area contributed by atoms with Gasteiger partial charge in [0.25, 0.3) is 5.56 Å². The highest BCUT2D eigenvalue weighted by atomic mass is 16.4. The minimum Gasteiger partial charge on any atom is -0.508 e. The second kappa shape index (κ2) is 3.53. The number of carbonyl (C=O) groups is 1. The summed E-state index contributed by atoms with van der Waals surface area (Å²) in [5, 5.41) is 17.9. The molecule has 0 aliphatic carbocycles. The lowest BCUT2D eigenvalue weighted by Gasteiger charge is -2.13. The normalized spacial score (nSPS) is 10.5. The highest BCUT2D eigenvalue weighted by Crippen LogP contribution is 2.12. The van der Waals surface area contributed by atoms with Crippen molar-refractivity contribution in [2.75, 3.05) is 0 Å². The Morgan fingerprint density at radius 1 is 1.43 bits per heavy atom. The zero-order chi connectivity index (χ0) is 10.9. The number of aromatic carboxylic acids is 1. The highest BCUT2D eigenvalue weighted by molar-refractivity contribution is 5.86. The standard InChI is InChI=1S/C9H11NO4/c1-5(2)10-7(9(13)14)3-6(11)4-8(10)12/h3-5,11H,1-2H3,(H,13,14). The van der Waals surface area contributed by atoms with Gasteiger partial charge in [0, 0.05) is 18.2 Å². The van der Waals surface area contributed by atoms with Crippen molar-refractivity contribution in [1.82, 2.24) is 4.57 Å². The number of rotatable bonds is 2. The van der Waals surface area contributed by atoms with E-state index in [4.69, 9.17) is 10.2 Å². The third-order valence-electron chi connectivity index (χ3n) is 1.79. The number of hydrogen-bond donors (Lipinski definition) is 2. The van der Waals surface area contributed by atoms with Crippen LogP contribution in [0.3, 0.4) is 0 Å². The van der Waals surface area contributed by atoms with Gasteiger partial charge in [0.05, 0.1) is 0 Å². The maximum atomic E-state index is 11.3. The fraction of sp³-hybridized carbons (Fsp3) is 0.333. The number of aromatic nitrogens is 1. The molecule has 0 bridgehead atoms. The molecule has 0 unspecified atom stereocenters. The summed E-state index contributed by atoms with van der Waals surface area (Å²) in [5.41, 5.74) is -0.720. The molecule has 0 aliphatic heterocycles. The lowest BCUT2D eigenvalue weighted by Crippen LogP contribution is -2.26. The first-order valence-electron chi connectivity index (χ1n) is 4.12. The average Bonchev–Trinajstić information content (AvgIpc) is 2.01. The van der Waals surface area contributed by atoms with Gasteiger partial charge in [0.15, 0.2) is 0 Å². The van der Waals surface area contributed by atoms with E-state index < -0.39 is 11.5 Å². The summed E-state index contributed by atoms with van der Waals surface area (Å²) in [6.07, 6.45) is 0. The van der Waals surface area contributed by atoms with Gasteiger partial charge < -0.3 is 10.2 Å². The summed E-state index contributed by atoms with van der Waals surface area (Å²) in [6, 6.07) is 1.80. The molecule has 1 aromatic heterocycles. The first-order chi connectivity index (χ1) is 6.43. The Morgan fingerprint density at radius 2 is 2.00 bits per heavy atom. The number of carboxylic acids is 1. The van der Waals surface area contributed by atoms with Gasteiger partial charge in [-0.25, -0.2) is 4.79 Å². The molecule has 5 heteroatoms. The van der Waals surface area contributed by atoms with Gasteiger partial charge >= 0.3 is 5.97 Å². The van der Waals surface area contributed by atoms with Crippen molar-refractivity contribution in [3.8, 4) is 5.75 Å². The molecule has 1 heterocycles. The van der Waals surface area contributed by atoms with Gasteiger partial charge in [-0.2, -0.15) is 0 Å². The van der Waals surface area contributed by atoms with Crippen LogP contribution in [0.5, 0.6) is 5.75 Å². The van der Waals surface area contributed by atoms with E-state index in [1.807, 2.05) is 0 Å². The Morgan fingerprint density at radius 3 is 2.43 bits per heavy atom. The summed E-state index contributed by atoms with van der Waals surface area (Å²) in [7, 11) is 0. The Kier molecular flexibility index (Phi) is 2.60. The molecule has 2 N–H and O–H groups in total. The average molecular weight is 197 g/mol. The van der Waals surface area contributed by atoms with Crippen molar-refractivity contribution in [3.63, 3.8) is 0 Å². The van der Waals surface area contributed by atoms with E-state index in [1.165, 1.54) is 0 Å². The minimum atomic E-state index is -1.23. The molecule has 0 amide bonds. The molecule has 0 radical (unpaired) electrons. The van der Waals surface area contributed by atoms with Crippen LogP contribution in [-0.4, -0.2) is 20.7 Å². The van der Waals surface area contributed by atoms with Crippen LogP contribution in [0.25, 0.3) is 0 Å². The summed E-state index contributed by atoms with van der Waals surface area (Å²) in [4.78, 5) is 22.1. The molecule has 0 saturated carbocycles. The molecule has 1 aromatic rings. The maximum Gasteiger partial charge on any atom is 0.352 e. The van der Waals surface area contributed by atoms with Crippen molar-refractivity contribution in [2.45, 2.75) is 19.9 Å². The van der Waals surface area contributed by atoms with E-state index in [0.717, 1.165) is 16.7 Å². The maximum absolute atomic E-state index is 11.3.